The predicted octanol–water partition coefficient (Wildman–Crippen LogP) is 4.31. The fourth-order valence-electron chi connectivity index (χ4n) is 2.89. The molecule has 0 spiro atoms. The van der Waals surface area contributed by atoms with Gasteiger partial charge in [0.25, 0.3) is 5.91 Å². The van der Waals surface area contributed by atoms with Gasteiger partial charge in [-0.1, -0.05) is 34.8 Å². The van der Waals surface area contributed by atoms with Crippen LogP contribution in [0.4, 0.5) is 11.5 Å². The van der Waals surface area contributed by atoms with Gasteiger partial charge in [0.2, 0.25) is 0 Å². The van der Waals surface area contributed by atoms with Crippen LogP contribution >= 0.6 is 15.9 Å². The molecule has 1 fully saturated rings. The summed E-state index contributed by atoms with van der Waals surface area (Å²) in [6, 6.07) is 9.57. The van der Waals surface area contributed by atoms with E-state index in [0.29, 0.717) is 17.3 Å². The summed E-state index contributed by atoms with van der Waals surface area (Å²) in [5.41, 5.74) is 1.37. The molecule has 126 valence electrons. The molecule has 0 unspecified atom stereocenters. The average Bonchev–Trinajstić information content (AvgIpc) is 2.83. The van der Waals surface area contributed by atoms with Crippen molar-refractivity contribution in [1.29, 1.82) is 0 Å². The highest BCUT2D eigenvalue weighted by Gasteiger charge is 2.19. The van der Waals surface area contributed by atoms with Crippen molar-refractivity contribution in [3.63, 3.8) is 0 Å². The first-order chi connectivity index (χ1) is 11.6. The fraction of sp³-hybridized carbons (Fsp3) is 0.389. The molecule has 0 bridgehead atoms. The van der Waals surface area contributed by atoms with E-state index in [4.69, 9.17) is 0 Å². The van der Waals surface area contributed by atoms with Gasteiger partial charge in [0.15, 0.2) is 0 Å². The molecule has 0 aliphatic carbocycles. The number of anilines is 2. The lowest BCUT2D eigenvalue weighted by molar-refractivity contribution is 0.0755. The van der Waals surface area contributed by atoms with Crippen molar-refractivity contribution in [2.75, 3.05) is 18.4 Å². The van der Waals surface area contributed by atoms with Crippen LogP contribution in [0.2, 0.25) is 0 Å². The van der Waals surface area contributed by atoms with Crippen LogP contribution in [0.1, 0.15) is 42.0 Å². The second-order valence-corrected chi connectivity index (χ2v) is 6.94. The fourth-order valence-corrected chi connectivity index (χ4v) is 3.29. The third-order valence-electron chi connectivity index (χ3n) is 4.05. The number of nitrogens with zero attached hydrogens (tertiary/aromatic N) is 3. The first-order valence-corrected chi connectivity index (χ1v) is 9.09. The van der Waals surface area contributed by atoms with Crippen molar-refractivity contribution in [3.8, 4) is 0 Å². The molecule has 1 aliphatic heterocycles. The van der Waals surface area contributed by atoms with Gasteiger partial charge in [0.1, 0.15) is 17.3 Å². The van der Waals surface area contributed by atoms with Gasteiger partial charge < -0.3 is 10.2 Å². The summed E-state index contributed by atoms with van der Waals surface area (Å²) in [5.74, 6) is 1.23. The smallest absolute Gasteiger partial charge is 0.272 e. The Morgan fingerprint density at radius 1 is 1.12 bits per heavy atom. The standard InChI is InChI=1S/C18H21BrN4O/c1-13-20-16(18(24)23-9-4-2-3-5-10-23)12-17(21-13)22-15-8-6-7-14(19)11-15/h6-8,11-12H,2-5,9-10H2,1H3,(H,20,21,22). The summed E-state index contributed by atoms with van der Waals surface area (Å²) in [5, 5.41) is 3.24. The molecule has 1 aromatic heterocycles. The lowest BCUT2D eigenvalue weighted by Gasteiger charge is -2.20. The van der Waals surface area contributed by atoms with Crippen LogP contribution in [0.3, 0.4) is 0 Å². The van der Waals surface area contributed by atoms with Gasteiger partial charge in [-0.15, -0.1) is 0 Å². The zero-order valence-corrected chi connectivity index (χ0v) is 15.3. The van der Waals surface area contributed by atoms with Crippen LogP contribution in [-0.2, 0) is 0 Å². The number of nitrogens with one attached hydrogen (secondary N) is 1. The topological polar surface area (TPSA) is 58.1 Å². The van der Waals surface area contributed by atoms with Crippen molar-refractivity contribution in [1.82, 2.24) is 14.9 Å². The van der Waals surface area contributed by atoms with E-state index in [9.17, 15) is 4.79 Å². The molecule has 0 atom stereocenters. The molecule has 1 aromatic carbocycles. The van der Waals surface area contributed by atoms with E-state index in [1.165, 1.54) is 12.8 Å². The van der Waals surface area contributed by atoms with Crippen molar-refractivity contribution >= 4 is 33.3 Å². The third-order valence-corrected chi connectivity index (χ3v) is 4.54. The van der Waals surface area contributed by atoms with Gasteiger partial charge in [-0.2, -0.15) is 0 Å². The SMILES string of the molecule is Cc1nc(Nc2cccc(Br)c2)cc(C(=O)N2CCCCCC2)n1. The number of halogens is 1. The number of carbonyl (C=O) groups excluding carboxylic acids is 1. The lowest BCUT2D eigenvalue weighted by Crippen LogP contribution is -2.32. The highest BCUT2D eigenvalue weighted by molar-refractivity contribution is 9.10. The van der Waals surface area contributed by atoms with Crippen LogP contribution in [0.5, 0.6) is 0 Å². The Balaban J connectivity index is 1.81. The molecule has 0 radical (unpaired) electrons. The highest BCUT2D eigenvalue weighted by atomic mass is 79.9. The largest absolute Gasteiger partial charge is 0.340 e. The van der Waals surface area contributed by atoms with E-state index in [2.05, 4.69) is 31.2 Å². The summed E-state index contributed by atoms with van der Waals surface area (Å²) in [6.07, 6.45) is 4.53. The van der Waals surface area contributed by atoms with Gasteiger partial charge in [0, 0.05) is 29.3 Å². The van der Waals surface area contributed by atoms with E-state index in [0.717, 1.165) is 36.1 Å². The Labute approximate surface area is 150 Å². The normalized spacial score (nSPS) is 15.0. The summed E-state index contributed by atoms with van der Waals surface area (Å²) in [4.78, 5) is 23.4. The molecule has 1 amide bonds. The molecule has 24 heavy (non-hydrogen) atoms. The zero-order valence-electron chi connectivity index (χ0n) is 13.8. The van der Waals surface area contributed by atoms with E-state index in [1.807, 2.05) is 36.1 Å². The molecule has 1 aliphatic rings. The lowest BCUT2D eigenvalue weighted by atomic mass is 10.2. The molecule has 2 aromatic rings. The number of benzene rings is 1. The number of rotatable bonds is 3. The maximum absolute atomic E-state index is 12.8. The van der Waals surface area contributed by atoms with Crippen molar-refractivity contribution < 1.29 is 4.79 Å². The summed E-state index contributed by atoms with van der Waals surface area (Å²) in [6.45, 7) is 3.44. The number of aromatic nitrogens is 2. The summed E-state index contributed by atoms with van der Waals surface area (Å²) in [7, 11) is 0. The molecule has 1 N–H and O–H groups in total. The van der Waals surface area contributed by atoms with Gasteiger partial charge in [-0.25, -0.2) is 9.97 Å². The Morgan fingerprint density at radius 2 is 1.88 bits per heavy atom. The number of carbonyl (C=O) groups is 1. The van der Waals surface area contributed by atoms with Crippen LogP contribution in [0, 0.1) is 6.92 Å². The van der Waals surface area contributed by atoms with E-state index >= 15 is 0 Å². The number of hydrogen-bond acceptors (Lipinski definition) is 4. The molecule has 3 rings (SSSR count). The van der Waals surface area contributed by atoms with Crippen molar-refractivity contribution in [2.24, 2.45) is 0 Å². The first kappa shape index (κ1) is 16.9. The molecule has 1 saturated heterocycles. The second kappa shape index (κ2) is 7.75. The number of likely N-dealkylation sites (tertiary alicyclic amines) is 1. The van der Waals surface area contributed by atoms with Crippen LogP contribution in [0.15, 0.2) is 34.8 Å². The molecule has 6 heteroatoms. The quantitative estimate of drug-likeness (QED) is 0.850. The Kier molecular flexibility index (Phi) is 5.45. The Bertz CT molecular complexity index is 727. The zero-order chi connectivity index (χ0) is 16.9. The average molecular weight is 389 g/mol. The minimum absolute atomic E-state index is 0.000285. The van der Waals surface area contributed by atoms with Crippen molar-refractivity contribution in [3.05, 3.63) is 46.3 Å². The first-order valence-electron chi connectivity index (χ1n) is 8.29. The van der Waals surface area contributed by atoms with E-state index < -0.39 is 0 Å². The number of aryl methyl sites for hydroxylation is 1. The van der Waals surface area contributed by atoms with Gasteiger partial charge in [0.05, 0.1) is 0 Å². The van der Waals surface area contributed by atoms with Crippen LogP contribution < -0.4 is 5.32 Å². The predicted molar refractivity (Wildman–Crippen MR) is 98.6 cm³/mol. The second-order valence-electron chi connectivity index (χ2n) is 6.03. The maximum atomic E-state index is 12.8. The minimum Gasteiger partial charge on any atom is -0.340 e. The minimum atomic E-state index is -0.000285. The molecular formula is C18H21BrN4O. The van der Waals surface area contributed by atoms with Gasteiger partial charge in [-0.3, -0.25) is 4.79 Å². The number of hydrogen-bond donors (Lipinski definition) is 1. The monoisotopic (exact) mass is 388 g/mol. The van der Waals surface area contributed by atoms with Gasteiger partial charge in [-0.05, 0) is 38.0 Å². The van der Waals surface area contributed by atoms with Crippen LogP contribution in [-0.4, -0.2) is 33.9 Å². The van der Waals surface area contributed by atoms with E-state index in [1.54, 1.807) is 6.07 Å². The third kappa shape index (κ3) is 4.32. The van der Waals surface area contributed by atoms with Gasteiger partial charge >= 0.3 is 0 Å². The molecule has 0 saturated carbocycles. The molecular weight excluding hydrogens is 368 g/mol. The highest BCUT2D eigenvalue weighted by Crippen LogP contribution is 2.20. The molecule has 5 nitrogen and oxygen atoms in total. The Morgan fingerprint density at radius 3 is 2.58 bits per heavy atom. The summed E-state index contributed by atoms with van der Waals surface area (Å²) < 4.78 is 0.985. The summed E-state index contributed by atoms with van der Waals surface area (Å²) >= 11 is 3.45. The Hall–Kier alpha value is -1.95. The van der Waals surface area contributed by atoms with E-state index in [-0.39, 0.29) is 5.91 Å². The molecule has 2 heterocycles. The number of amides is 1. The maximum Gasteiger partial charge on any atom is 0.272 e. The van der Waals surface area contributed by atoms with Crippen LogP contribution in [0.25, 0.3) is 0 Å². The van der Waals surface area contributed by atoms with Crippen molar-refractivity contribution in [2.45, 2.75) is 32.6 Å².